The van der Waals surface area contributed by atoms with E-state index in [9.17, 15) is 4.55 Å². The van der Waals surface area contributed by atoms with Crippen molar-refractivity contribution in [2.75, 3.05) is 12.4 Å². The van der Waals surface area contributed by atoms with Crippen LogP contribution < -0.4 is 15.3 Å². The topological polar surface area (TPSA) is 76.8 Å². The fourth-order valence-electron chi connectivity index (χ4n) is 1.97. The first kappa shape index (κ1) is 16.6. The minimum absolute atomic E-state index is 0.306. The van der Waals surface area contributed by atoms with Gasteiger partial charge in [-0.2, -0.15) is 5.14 Å². The zero-order valence-corrected chi connectivity index (χ0v) is 13.7. The smallest absolute Gasteiger partial charge is 0.494 e. The van der Waals surface area contributed by atoms with Crippen molar-refractivity contribution < 1.29 is 18.6 Å². The summed E-state index contributed by atoms with van der Waals surface area (Å²) in [6.45, 7) is 8.39. The molecule has 1 aromatic carbocycles. The van der Waals surface area contributed by atoms with Crippen LogP contribution in [-0.4, -0.2) is 35.2 Å². The number of rotatable bonds is 5. The maximum Gasteiger partial charge on any atom is 0.494 e. The molecule has 1 aliphatic rings. The molecule has 5 nitrogen and oxygen atoms in total. The zero-order chi connectivity index (χ0) is 15.7. The highest BCUT2D eigenvalue weighted by atomic mass is 32.2. The molecule has 116 valence electrons. The van der Waals surface area contributed by atoms with Gasteiger partial charge in [0.2, 0.25) is 0 Å². The van der Waals surface area contributed by atoms with Gasteiger partial charge in [-0.25, -0.2) is 0 Å². The Balaban J connectivity index is 2.05. The third-order valence-electron chi connectivity index (χ3n) is 3.94. The van der Waals surface area contributed by atoms with Gasteiger partial charge in [0.25, 0.3) is 0 Å². The van der Waals surface area contributed by atoms with Gasteiger partial charge in [-0.05, 0) is 45.3 Å². The van der Waals surface area contributed by atoms with E-state index in [1.165, 1.54) is 0 Å². The van der Waals surface area contributed by atoms with Crippen molar-refractivity contribution in [2.45, 2.75) is 38.9 Å². The van der Waals surface area contributed by atoms with Gasteiger partial charge in [0.05, 0.1) is 11.2 Å². The maximum absolute atomic E-state index is 10.8. The average Bonchev–Trinajstić information content (AvgIpc) is 2.58. The molecule has 1 atom stereocenters. The molecule has 1 aromatic rings. The Labute approximate surface area is 129 Å². The lowest BCUT2D eigenvalue weighted by atomic mass is 9.79. The summed E-state index contributed by atoms with van der Waals surface area (Å²) in [6.07, 6.45) is 0. The van der Waals surface area contributed by atoms with Crippen molar-refractivity contribution in [3.05, 3.63) is 24.3 Å². The van der Waals surface area contributed by atoms with Crippen LogP contribution in [0.25, 0.3) is 0 Å². The molecule has 1 unspecified atom stereocenters. The second kappa shape index (κ2) is 6.18. The molecule has 21 heavy (non-hydrogen) atoms. The largest absolute Gasteiger partial charge is 0.598 e. The Kier molecular flexibility index (Phi) is 4.90. The Bertz CT molecular complexity index is 480. The number of hydrogen-bond acceptors (Lipinski definition) is 5. The maximum atomic E-state index is 10.8. The summed E-state index contributed by atoms with van der Waals surface area (Å²) in [5, 5.41) is 5.20. The molecule has 1 saturated heterocycles. The Hall–Kier alpha value is -0.725. The van der Waals surface area contributed by atoms with E-state index in [-0.39, 0.29) is 11.2 Å². The van der Waals surface area contributed by atoms with E-state index in [4.69, 9.17) is 19.2 Å². The molecule has 0 aliphatic carbocycles. The van der Waals surface area contributed by atoms with Crippen LogP contribution in [0.4, 0.5) is 0 Å². The van der Waals surface area contributed by atoms with Crippen molar-refractivity contribution in [3.8, 4) is 5.75 Å². The van der Waals surface area contributed by atoms with Gasteiger partial charge in [-0.15, -0.1) is 0 Å². The van der Waals surface area contributed by atoms with Crippen molar-refractivity contribution in [1.29, 1.82) is 0 Å². The quantitative estimate of drug-likeness (QED) is 0.648. The first-order chi connectivity index (χ1) is 9.71. The van der Waals surface area contributed by atoms with Crippen molar-refractivity contribution in [2.24, 2.45) is 5.14 Å². The standard InChI is InChI=1S/C14H22BNO4S/c1-13(2)14(3,4)20-15(19-13)11-6-5-7-12(10-11)18-8-9-21(16)17/h5-7,10H,8-9,16H2,1-4H3. The van der Waals surface area contributed by atoms with E-state index < -0.39 is 18.5 Å². The third kappa shape index (κ3) is 3.93. The molecular formula is C14H22BNO4S. The lowest BCUT2D eigenvalue weighted by molar-refractivity contribution is 0.00578. The highest BCUT2D eigenvalue weighted by Gasteiger charge is 2.51. The van der Waals surface area contributed by atoms with Gasteiger partial charge in [-0.1, -0.05) is 12.1 Å². The Morgan fingerprint density at radius 3 is 2.43 bits per heavy atom. The predicted molar refractivity (Wildman–Crippen MR) is 84.8 cm³/mol. The molecule has 7 heteroatoms. The summed E-state index contributed by atoms with van der Waals surface area (Å²) in [5.74, 6) is 0.994. The average molecular weight is 311 g/mol. The fourth-order valence-corrected chi connectivity index (χ4v) is 2.22. The van der Waals surface area contributed by atoms with E-state index in [1.54, 1.807) is 0 Å². The van der Waals surface area contributed by atoms with Crippen molar-refractivity contribution in [3.63, 3.8) is 0 Å². The number of benzene rings is 1. The summed E-state index contributed by atoms with van der Waals surface area (Å²) in [5.41, 5.74) is 0.163. The van der Waals surface area contributed by atoms with Crippen molar-refractivity contribution >= 4 is 23.9 Å². The first-order valence-corrected chi connectivity index (χ1v) is 8.31. The lowest BCUT2D eigenvalue weighted by Crippen LogP contribution is -2.41. The lowest BCUT2D eigenvalue weighted by Gasteiger charge is -2.32. The molecule has 2 rings (SSSR count). The van der Waals surface area contributed by atoms with E-state index in [1.807, 2.05) is 52.0 Å². The minimum Gasteiger partial charge on any atom is -0.598 e. The van der Waals surface area contributed by atoms with Crippen LogP contribution in [0, 0.1) is 0 Å². The molecule has 1 heterocycles. The van der Waals surface area contributed by atoms with Gasteiger partial charge in [-0.3, -0.25) is 0 Å². The molecule has 1 fully saturated rings. The van der Waals surface area contributed by atoms with E-state index in [0.29, 0.717) is 18.1 Å². The predicted octanol–water partition coefficient (Wildman–Crippen LogP) is 0.987. The Morgan fingerprint density at radius 2 is 1.86 bits per heavy atom. The van der Waals surface area contributed by atoms with Gasteiger partial charge >= 0.3 is 7.12 Å². The highest BCUT2D eigenvalue weighted by molar-refractivity contribution is 7.89. The number of hydrogen-bond donors (Lipinski definition) is 1. The molecule has 0 aromatic heterocycles. The number of ether oxygens (including phenoxy) is 1. The summed E-state index contributed by atoms with van der Waals surface area (Å²) in [7, 11) is -0.415. The van der Waals surface area contributed by atoms with Crippen molar-refractivity contribution in [1.82, 2.24) is 0 Å². The number of nitrogens with two attached hydrogens (primary N) is 1. The van der Waals surface area contributed by atoms with Crippen LogP contribution in [0.3, 0.4) is 0 Å². The van der Waals surface area contributed by atoms with Gasteiger partial charge in [0.15, 0.2) is 5.75 Å². The normalized spacial score (nSPS) is 21.3. The molecule has 0 radical (unpaired) electrons. The second-order valence-electron chi connectivity index (χ2n) is 6.09. The van der Waals surface area contributed by atoms with Gasteiger partial charge in [0.1, 0.15) is 12.4 Å². The molecule has 0 amide bonds. The first-order valence-electron chi connectivity index (χ1n) is 6.92. The van der Waals surface area contributed by atoms with E-state index in [2.05, 4.69) is 0 Å². The van der Waals surface area contributed by atoms with Gasteiger partial charge < -0.3 is 18.6 Å². The Morgan fingerprint density at radius 1 is 1.24 bits per heavy atom. The molecule has 2 N–H and O–H groups in total. The highest BCUT2D eigenvalue weighted by Crippen LogP contribution is 2.36. The van der Waals surface area contributed by atoms with E-state index >= 15 is 0 Å². The van der Waals surface area contributed by atoms with Crippen LogP contribution in [0.1, 0.15) is 27.7 Å². The zero-order valence-electron chi connectivity index (χ0n) is 12.9. The summed E-state index contributed by atoms with van der Waals surface area (Å²) >= 11 is -1.34. The van der Waals surface area contributed by atoms with Crippen LogP contribution in [0.5, 0.6) is 5.75 Å². The summed E-state index contributed by atoms with van der Waals surface area (Å²) in [6, 6.07) is 7.54. The molecule has 1 aliphatic heterocycles. The van der Waals surface area contributed by atoms with Crippen LogP contribution in [-0.2, 0) is 20.7 Å². The second-order valence-corrected chi connectivity index (χ2v) is 7.26. The SMILES string of the molecule is CC1(C)OB(c2cccc(OCC[S+](N)[O-])c2)OC1(C)C. The van der Waals surface area contributed by atoms with Crippen LogP contribution in [0.2, 0.25) is 0 Å². The van der Waals surface area contributed by atoms with Crippen LogP contribution in [0.15, 0.2) is 24.3 Å². The molecule has 0 saturated carbocycles. The molecule has 0 bridgehead atoms. The summed E-state index contributed by atoms with van der Waals surface area (Å²) < 4.78 is 28.4. The van der Waals surface area contributed by atoms with Gasteiger partial charge in [0, 0.05) is 11.4 Å². The molecule has 0 spiro atoms. The third-order valence-corrected chi connectivity index (χ3v) is 4.51. The fraction of sp³-hybridized carbons (Fsp3) is 0.571. The van der Waals surface area contributed by atoms with Crippen LogP contribution >= 0.6 is 0 Å². The minimum atomic E-state index is -1.34. The summed E-state index contributed by atoms with van der Waals surface area (Å²) in [4.78, 5) is 0. The molecular weight excluding hydrogens is 289 g/mol. The monoisotopic (exact) mass is 311 g/mol. The van der Waals surface area contributed by atoms with E-state index in [0.717, 1.165) is 5.46 Å².